The van der Waals surface area contributed by atoms with Crippen molar-refractivity contribution in [3.05, 3.63) is 58.9 Å². The van der Waals surface area contributed by atoms with Crippen molar-refractivity contribution in [1.29, 1.82) is 0 Å². The third kappa shape index (κ3) is 4.82. The molecule has 1 atom stereocenters. The van der Waals surface area contributed by atoms with E-state index in [2.05, 4.69) is 31.4 Å². The molecule has 1 unspecified atom stereocenters. The molecule has 29 heavy (non-hydrogen) atoms. The van der Waals surface area contributed by atoms with Gasteiger partial charge < -0.3 is 14.7 Å². The smallest absolute Gasteiger partial charge is 0.321 e. The lowest BCUT2D eigenvalue weighted by molar-refractivity contribution is 0.184. The van der Waals surface area contributed by atoms with Crippen LogP contribution in [0.1, 0.15) is 24.7 Å². The summed E-state index contributed by atoms with van der Waals surface area (Å²) in [7, 11) is 0. The summed E-state index contributed by atoms with van der Waals surface area (Å²) in [4.78, 5) is 20.3. The Kier molecular flexibility index (Phi) is 6.20. The van der Waals surface area contributed by atoms with E-state index in [1.807, 2.05) is 59.7 Å². The second-order valence-corrected chi connectivity index (χ2v) is 8.70. The summed E-state index contributed by atoms with van der Waals surface area (Å²) in [5, 5.41) is 7.10. The molecule has 0 bridgehead atoms. The molecule has 0 spiro atoms. The van der Waals surface area contributed by atoms with Crippen LogP contribution >= 0.6 is 27.7 Å². The Morgan fingerprint density at radius 1 is 1.21 bits per heavy atom. The van der Waals surface area contributed by atoms with Gasteiger partial charge in [-0.3, -0.25) is 0 Å². The summed E-state index contributed by atoms with van der Waals surface area (Å²) in [6.07, 6.45) is 3.86. The number of amides is 2. The molecule has 6 nitrogen and oxygen atoms in total. The van der Waals surface area contributed by atoms with Gasteiger partial charge in [0.1, 0.15) is 0 Å². The van der Waals surface area contributed by atoms with Gasteiger partial charge in [-0.2, -0.15) is 4.98 Å². The number of carbonyl (C=O) groups is 1. The molecule has 8 heteroatoms. The maximum absolute atomic E-state index is 12.7. The number of aromatic nitrogens is 2. The summed E-state index contributed by atoms with van der Waals surface area (Å²) in [5.74, 6) is 1.21. The molecule has 1 aromatic heterocycles. The van der Waals surface area contributed by atoms with Crippen molar-refractivity contribution in [2.24, 2.45) is 0 Å². The topological polar surface area (TPSA) is 71.3 Å². The van der Waals surface area contributed by atoms with Crippen molar-refractivity contribution in [3.8, 4) is 11.4 Å². The van der Waals surface area contributed by atoms with Crippen molar-refractivity contribution < 1.29 is 9.32 Å². The Morgan fingerprint density at radius 2 is 1.97 bits per heavy atom. The molecule has 1 fully saturated rings. The van der Waals surface area contributed by atoms with Gasteiger partial charge >= 0.3 is 6.03 Å². The minimum Gasteiger partial charge on any atom is -0.339 e. The number of rotatable bonds is 4. The van der Waals surface area contributed by atoms with Gasteiger partial charge in [0.15, 0.2) is 0 Å². The van der Waals surface area contributed by atoms with E-state index in [1.165, 1.54) is 4.90 Å². The van der Waals surface area contributed by atoms with E-state index in [4.69, 9.17) is 4.52 Å². The number of hydrogen-bond acceptors (Lipinski definition) is 5. The second kappa shape index (κ2) is 9.00. The highest BCUT2D eigenvalue weighted by molar-refractivity contribution is 9.10. The maximum atomic E-state index is 12.7. The number of carbonyl (C=O) groups excluding carboxylic acids is 1. The first-order valence-electron chi connectivity index (χ1n) is 9.42. The Morgan fingerprint density at radius 3 is 2.69 bits per heavy atom. The number of piperidine rings is 1. The zero-order chi connectivity index (χ0) is 20.2. The highest BCUT2D eigenvalue weighted by atomic mass is 79.9. The fourth-order valence-corrected chi connectivity index (χ4v) is 4.03. The maximum Gasteiger partial charge on any atom is 0.321 e. The molecule has 1 aliphatic heterocycles. The number of halogens is 1. The monoisotopic (exact) mass is 472 g/mol. The predicted octanol–water partition coefficient (Wildman–Crippen LogP) is 5.63. The number of likely N-dealkylation sites (tertiary alicyclic amines) is 1. The summed E-state index contributed by atoms with van der Waals surface area (Å²) in [6, 6.07) is 15.5. The average Bonchev–Trinajstić information content (AvgIpc) is 3.25. The molecule has 1 aliphatic rings. The van der Waals surface area contributed by atoms with Crippen LogP contribution in [0.3, 0.4) is 0 Å². The normalized spacial score (nSPS) is 16.6. The van der Waals surface area contributed by atoms with Crippen LogP contribution in [0.4, 0.5) is 10.5 Å². The molecule has 1 saturated heterocycles. The van der Waals surface area contributed by atoms with Crippen LogP contribution < -0.4 is 5.32 Å². The molecular formula is C21H21BrN4O2S. The number of urea groups is 1. The largest absolute Gasteiger partial charge is 0.339 e. The van der Waals surface area contributed by atoms with Crippen LogP contribution in [0.15, 0.2) is 62.4 Å². The molecular weight excluding hydrogens is 452 g/mol. The predicted molar refractivity (Wildman–Crippen MR) is 118 cm³/mol. The van der Waals surface area contributed by atoms with Crippen molar-refractivity contribution in [3.63, 3.8) is 0 Å². The summed E-state index contributed by atoms with van der Waals surface area (Å²) < 4.78 is 6.53. The van der Waals surface area contributed by atoms with E-state index >= 15 is 0 Å². The standard InChI is InChI=1S/C21H21BrN4O2S/c1-29-18-10-8-17(9-11-18)23-21(27)26-12-2-3-15(13-26)20-24-19(25-28-20)14-4-6-16(22)7-5-14/h4-11,15H,2-3,12-13H2,1H3,(H,23,27). The Labute approximate surface area is 182 Å². The molecule has 150 valence electrons. The van der Waals surface area contributed by atoms with Crippen LogP contribution in [0.2, 0.25) is 0 Å². The first kappa shape index (κ1) is 20.0. The Balaban J connectivity index is 1.41. The van der Waals surface area contributed by atoms with Gasteiger partial charge in [0.05, 0.1) is 5.92 Å². The van der Waals surface area contributed by atoms with Gasteiger partial charge in [-0.25, -0.2) is 4.79 Å². The number of hydrogen-bond donors (Lipinski definition) is 1. The number of nitrogens with zero attached hydrogens (tertiary/aromatic N) is 3. The first-order valence-corrected chi connectivity index (χ1v) is 11.4. The number of nitrogens with one attached hydrogen (secondary N) is 1. The SMILES string of the molecule is CSc1ccc(NC(=O)N2CCCC(c3nc(-c4ccc(Br)cc4)no3)C2)cc1. The van der Waals surface area contributed by atoms with Crippen LogP contribution in [0.25, 0.3) is 11.4 Å². The molecule has 1 N–H and O–H groups in total. The number of thioether (sulfide) groups is 1. The highest BCUT2D eigenvalue weighted by Gasteiger charge is 2.28. The molecule has 2 aromatic carbocycles. The zero-order valence-electron chi connectivity index (χ0n) is 16.0. The summed E-state index contributed by atoms with van der Waals surface area (Å²) in [5.41, 5.74) is 1.70. The lowest BCUT2D eigenvalue weighted by Crippen LogP contribution is -2.41. The quantitative estimate of drug-likeness (QED) is 0.497. The van der Waals surface area contributed by atoms with Crippen molar-refractivity contribution in [2.45, 2.75) is 23.7 Å². The molecule has 2 amide bonds. The van der Waals surface area contributed by atoms with Crippen molar-refractivity contribution in [1.82, 2.24) is 15.0 Å². The molecule has 2 heterocycles. The molecule has 4 rings (SSSR count). The van der Waals surface area contributed by atoms with E-state index in [9.17, 15) is 4.79 Å². The van der Waals surface area contributed by atoms with Crippen molar-refractivity contribution >= 4 is 39.4 Å². The van der Waals surface area contributed by atoms with Crippen LogP contribution in [0, 0.1) is 0 Å². The van der Waals surface area contributed by atoms with E-state index < -0.39 is 0 Å². The van der Waals surface area contributed by atoms with Gasteiger partial charge in [-0.1, -0.05) is 21.1 Å². The average molecular weight is 473 g/mol. The second-order valence-electron chi connectivity index (χ2n) is 6.91. The Bertz CT molecular complexity index is 975. The third-order valence-electron chi connectivity index (χ3n) is 4.94. The number of benzene rings is 2. The van der Waals surface area contributed by atoms with Crippen LogP contribution in [-0.4, -0.2) is 40.4 Å². The molecule has 3 aromatic rings. The van der Waals surface area contributed by atoms with Crippen LogP contribution in [0.5, 0.6) is 0 Å². The zero-order valence-corrected chi connectivity index (χ0v) is 18.4. The van der Waals surface area contributed by atoms with Gasteiger partial charge in [-0.15, -0.1) is 11.8 Å². The molecule has 0 saturated carbocycles. The fourth-order valence-electron chi connectivity index (χ4n) is 3.36. The summed E-state index contributed by atoms with van der Waals surface area (Å²) in [6.45, 7) is 1.29. The van der Waals surface area contributed by atoms with Gasteiger partial charge in [-0.05, 0) is 67.6 Å². The minimum absolute atomic E-state index is 0.0464. The summed E-state index contributed by atoms with van der Waals surface area (Å²) >= 11 is 5.10. The minimum atomic E-state index is -0.0979. The van der Waals surface area contributed by atoms with Crippen LogP contribution in [-0.2, 0) is 0 Å². The highest BCUT2D eigenvalue weighted by Crippen LogP contribution is 2.28. The van der Waals surface area contributed by atoms with E-state index in [-0.39, 0.29) is 11.9 Å². The van der Waals surface area contributed by atoms with E-state index in [0.29, 0.717) is 18.3 Å². The van der Waals surface area contributed by atoms with Gasteiger partial charge in [0.2, 0.25) is 11.7 Å². The molecule has 0 aliphatic carbocycles. The lowest BCUT2D eigenvalue weighted by atomic mass is 9.98. The molecule has 0 radical (unpaired) electrons. The fraction of sp³-hybridized carbons (Fsp3) is 0.286. The van der Waals surface area contributed by atoms with Gasteiger partial charge in [0, 0.05) is 33.7 Å². The number of anilines is 1. The lowest BCUT2D eigenvalue weighted by Gasteiger charge is -2.31. The Hall–Kier alpha value is -2.32. The first-order chi connectivity index (χ1) is 14.1. The van der Waals surface area contributed by atoms with Crippen molar-refractivity contribution in [2.75, 3.05) is 24.7 Å². The van der Waals surface area contributed by atoms with E-state index in [0.717, 1.165) is 35.1 Å². The van der Waals surface area contributed by atoms with Gasteiger partial charge in [0.25, 0.3) is 0 Å². The third-order valence-corrected chi connectivity index (χ3v) is 6.22. The van der Waals surface area contributed by atoms with E-state index in [1.54, 1.807) is 11.8 Å².